The SMILES string of the molecule is Cc1cc(NC(=O)C(C)SCC(=O)NC(C)(c2ccccc2)c2ccccc2)no1. The smallest absolute Gasteiger partial charge is 0.238 e. The molecular formula is C23H25N3O3S. The lowest BCUT2D eigenvalue weighted by Crippen LogP contribution is -2.45. The van der Waals surface area contributed by atoms with E-state index < -0.39 is 10.8 Å². The average Bonchev–Trinajstić information content (AvgIpc) is 3.17. The van der Waals surface area contributed by atoms with Crippen molar-refractivity contribution in [1.29, 1.82) is 0 Å². The molecule has 0 fully saturated rings. The van der Waals surface area contributed by atoms with Crippen LogP contribution in [-0.4, -0.2) is 28.0 Å². The second-order valence-electron chi connectivity index (χ2n) is 7.17. The van der Waals surface area contributed by atoms with Crippen molar-refractivity contribution in [1.82, 2.24) is 10.5 Å². The van der Waals surface area contributed by atoms with E-state index in [2.05, 4.69) is 15.8 Å². The number of hydrogen-bond donors (Lipinski definition) is 2. The Bertz CT molecular complexity index is 950. The van der Waals surface area contributed by atoms with Crippen LogP contribution in [-0.2, 0) is 15.1 Å². The number of benzene rings is 2. The van der Waals surface area contributed by atoms with Gasteiger partial charge >= 0.3 is 0 Å². The topological polar surface area (TPSA) is 84.2 Å². The molecule has 0 aliphatic rings. The van der Waals surface area contributed by atoms with Crippen LogP contribution in [0, 0.1) is 6.92 Å². The molecule has 2 aromatic carbocycles. The number of nitrogens with zero attached hydrogens (tertiary/aromatic N) is 1. The van der Waals surface area contributed by atoms with Gasteiger partial charge in [-0.2, -0.15) is 0 Å². The van der Waals surface area contributed by atoms with E-state index in [4.69, 9.17) is 4.52 Å². The van der Waals surface area contributed by atoms with Crippen molar-refractivity contribution in [3.63, 3.8) is 0 Å². The Hall–Kier alpha value is -3.06. The number of amides is 2. The highest BCUT2D eigenvalue weighted by molar-refractivity contribution is 8.01. The molecule has 30 heavy (non-hydrogen) atoms. The van der Waals surface area contributed by atoms with Crippen molar-refractivity contribution in [3.05, 3.63) is 83.6 Å². The molecule has 156 valence electrons. The summed E-state index contributed by atoms with van der Waals surface area (Å²) >= 11 is 1.27. The van der Waals surface area contributed by atoms with Gasteiger partial charge in [0.1, 0.15) is 5.76 Å². The van der Waals surface area contributed by atoms with Gasteiger partial charge < -0.3 is 15.2 Å². The van der Waals surface area contributed by atoms with E-state index >= 15 is 0 Å². The molecule has 0 aliphatic carbocycles. The van der Waals surface area contributed by atoms with Gasteiger partial charge in [-0.25, -0.2) is 0 Å². The van der Waals surface area contributed by atoms with Gasteiger partial charge in [0.05, 0.1) is 16.5 Å². The Kier molecular flexibility index (Phi) is 6.95. The number of carbonyl (C=O) groups is 2. The van der Waals surface area contributed by atoms with Crippen LogP contribution in [0.15, 0.2) is 71.3 Å². The second kappa shape index (κ2) is 9.63. The molecule has 1 atom stereocenters. The maximum absolute atomic E-state index is 12.8. The highest BCUT2D eigenvalue weighted by Crippen LogP contribution is 2.29. The van der Waals surface area contributed by atoms with Crippen LogP contribution in [0.5, 0.6) is 0 Å². The van der Waals surface area contributed by atoms with Gasteiger partial charge in [-0.05, 0) is 31.9 Å². The molecule has 1 aromatic heterocycles. The minimum Gasteiger partial charge on any atom is -0.360 e. The van der Waals surface area contributed by atoms with Gasteiger partial charge in [0.15, 0.2) is 5.82 Å². The predicted octanol–water partition coefficient (Wildman–Crippen LogP) is 4.12. The maximum atomic E-state index is 12.8. The zero-order valence-corrected chi connectivity index (χ0v) is 18.0. The first-order valence-electron chi connectivity index (χ1n) is 9.66. The molecule has 3 rings (SSSR count). The van der Waals surface area contributed by atoms with Gasteiger partial charge in [-0.15, -0.1) is 11.8 Å². The molecule has 3 aromatic rings. The van der Waals surface area contributed by atoms with Crippen molar-refractivity contribution >= 4 is 29.4 Å². The fourth-order valence-corrected chi connectivity index (χ4v) is 3.78. The molecule has 0 spiro atoms. The highest BCUT2D eigenvalue weighted by atomic mass is 32.2. The third kappa shape index (κ3) is 5.30. The predicted molar refractivity (Wildman–Crippen MR) is 119 cm³/mol. The van der Waals surface area contributed by atoms with Crippen molar-refractivity contribution < 1.29 is 14.1 Å². The van der Waals surface area contributed by atoms with Crippen molar-refractivity contribution in [2.45, 2.75) is 31.6 Å². The van der Waals surface area contributed by atoms with E-state index in [1.54, 1.807) is 19.9 Å². The Labute approximate surface area is 180 Å². The molecule has 0 bridgehead atoms. The third-order valence-corrected chi connectivity index (χ3v) is 5.95. The van der Waals surface area contributed by atoms with E-state index in [1.165, 1.54) is 11.8 Å². The van der Waals surface area contributed by atoms with E-state index in [0.29, 0.717) is 11.6 Å². The first-order chi connectivity index (χ1) is 14.4. The van der Waals surface area contributed by atoms with Gasteiger partial charge in [0.2, 0.25) is 11.8 Å². The summed E-state index contributed by atoms with van der Waals surface area (Å²) in [6.45, 7) is 5.50. The zero-order valence-electron chi connectivity index (χ0n) is 17.2. The summed E-state index contributed by atoms with van der Waals surface area (Å²) in [5.41, 5.74) is 1.30. The number of nitrogens with one attached hydrogen (secondary N) is 2. The summed E-state index contributed by atoms with van der Waals surface area (Å²) in [6.07, 6.45) is 0. The Morgan fingerprint density at radius 1 is 1.07 bits per heavy atom. The minimum atomic E-state index is -0.677. The molecular weight excluding hydrogens is 398 g/mol. The van der Waals surface area contributed by atoms with Crippen molar-refractivity contribution in [2.75, 3.05) is 11.1 Å². The quantitative estimate of drug-likeness (QED) is 0.569. The fourth-order valence-electron chi connectivity index (χ4n) is 3.10. The standard InChI is InChI=1S/C23H25N3O3S/c1-16-14-20(26-29-16)24-22(28)17(2)30-15-21(27)25-23(3,18-10-6-4-7-11-18)19-12-8-5-9-13-19/h4-14,17H,15H2,1-3H3,(H,25,27)(H,24,26,28). The lowest BCUT2D eigenvalue weighted by atomic mass is 9.84. The monoisotopic (exact) mass is 423 g/mol. The maximum Gasteiger partial charge on any atom is 0.238 e. The summed E-state index contributed by atoms with van der Waals surface area (Å²) in [7, 11) is 0. The molecule has 2 amide bonds. The third-order valence-electron chi connectivity index (χ3n) is 4.80. The van der Waals surface area contributed by atoms with E-state index in [9.17, 15) is 9.59 Å². The van der Waals surface area contributed by atoms with Crippen molar-refractivity contribution in [3.8, 4) is 0 Å². The van der Waals surface area contributed by atoms with Gasteiger partial charge in [-0.1, -0.05) is 65.8 Å². The van der Waals surface area contributed by atoms with Crippen LogP contribution in [0.3, 0.4) is 0 Å². The Balaban J connectivity index is 1.64. The lowest BCUT2D eigenvalue weighted by Gasteiger charge is -2.32. The van der Waals surface area contributed by atoms with E-state index in [1.807, 2.05) is 67.6 Å². The van der Waals surface area contributed by atoms with Crippen molar-refractivity contribution in [2.24, 2.45) is 0 Å². The van der Waals surface area contributed by atoms with Crippen LogP contribution in [0.1, 0.15) is 30.7 Å². The molecule has 7 heteroatoms. The molecule has 6 nitrogen and oxygen atoms in total. The number of aryl methyl sites for hydroxylation is 1. The lowest BCUT2D eigenvalue weighted by molar-refractivity contribution is -0.120. The normalized spacial score (nSPS) is 12.2. The Morgan fingerprint density at radius 2 is 1.63 bits per heavy atom. The summed E-state index contributed by atoms with van der Waals surface area (Å²) in [5, 5.41) is 9.17. The van der Waals surface area contributed by atoms with Crippen LogP contribution in [0.2, 0.25) is 0 Å². The number of aromatic nitrogens is 1. The average molecular weight is 424 g/mol. The van der Waals surface area contributed by atoms with Gasteiger partial charge in [0.25, 0.3) is 0 Å². The van der Waals surface area contributed by atoms with Gasteiger partial charge in [0, 0.05) is 6.07 Å². The molecule has 0 radical (unpaired) electrons. The number of anilines is 1. The zero-order chi connectivity index (χ0) is 21.6. The fraction of sp³-hybridized carbons (Fsp3) is 0.261. The molecule has 0 saturated heterocycles. The molecule has 2 N–H and O–H groups in total. The number of rotatable bonds is 8. The summed E-state index contributed by atoms with van der Waals surface area (Å²) in [5.74, 6) is 0.769. The summed E-state index contributed by atoms with van der Waals surface area (Å²) in [4.78, 5) is 25.1. The van der Waals surface area contributed by atoms with Crippen LogP contribution in [0.25, 0.3) is 0 Å². The summed E-state index contributed by atoms with van der Waals surface area (Å²) < 4.78 is 4.95. The van der Waals surface area contributed by atoms with Crippen LogP contribution >= 0.6 is 11.8 Å². The highest BCUT2D eigenvalue weighted by Gasteiger charge is 2.30. The van der Waals surface area contributed by atoms with E-state index in [0.717, 1.165) is 11.1 Å². The minimum absolute atomic E-state index is 0.146. The molecule has 0 saturated carbocycles. The van der Waals surface area contributed by atoms with Gasteiger partial charge in [-0.3, -0.25) is 9.59 Å². The van der Waals surface area contributed by atoms with Crippen LogP contribution < -0.4 is 10.6 Å². The van der Waals surface area contributed by atoms with E-state index in [-0.39, 0.29) is 17.6 Å². The summed E-state index contributed by atoms with van der Waals surface area (Å²) in [6, 6.07) is 21.3. The first-order valence-corrected chi connectivity index (χ1v) is 10.7. The second-order valence-corrected chi connectivity index (χ2v) is 8.50. The Morgan fingerprint density at radius 3 is 2.13 bits per heavy atom. The number of carbonyl (C=O) groups excluding carboxylic acids is 2. The largest absolute Gasteiger partial charge is 0.360 e. The van der Waals surface area contributed by atoms with Crippen LogP contribution in [0.4, 0.5) is 5.82 Å². The molecule has 1 heterocycles. The molecule has 0 aliphatic heterocycles. The first kappa shape index (κ1) is 21.6. The number of hydrogen-bond acceptors (Lipinski definition) is 5. The molecule has 1 unspecified atom stereocenters. The number of thioether (sulfide) groups is 1.